The summed E-state index contributed by atoms with van der Waals surface area (Å²) >= 11 is 0. The van der Waals surface area contributed by atoms with Crippen LogP contribution in [0.4, 0.5) is 44.2 Å². The quantitative estimate of drug-likeness (QED) is 0.0434. The van der Waals surface area contributed by atoms with Gasteiger partial charge in [-0.05, 0) is 118 Å². The summed E-state index contributed by atoms with van der Waals surface area (Å²) in [5, 5.41) is 25.3. The Bertz CT molecular complexity index is 1990. The monoisotopic (exact) mass is 719 g/mol. The van der Waals surface area contributed by atoms with Crippen LogP contribution in [0.2, 0.25) is 0 Å². The van der Waals surface area contributed by atoms with Crippen molar-refractivity contribution < 1.29 is 28.2 Å². The van der Waals surface area contributed by atoms with E-state index in [9.17, 15) is 14.0 Å². The second kappa shape index (κ2) is 19.9. The average molecular weight is 720 g/mol. The Morgan fingerprint density at radius 1 is 0.642 bits per heavy atom. The predicted molar refractivity (Wildman–Crippen MR) is 203 cm³/mol. The minimum atomic E-state index is -0.587. The minimum absolute atomic E-state index is 0.0601. The van der Waals surface area contributed by atoms with E-state index in [4.69, 9.17) is 14.2 Å². The van der Waals surface area contributed by atoms with Crippen molar-refractivity contribution in [3.05, 3.63) is 121 Å². The third-order valence-corrected chi connectivity index (χ3v) is 7.46. The maximum absolute atomic E-state index is 14.9. The summed E-state index contributed by atoms with van der Waals surface area (Å²) in [5.74, 6) is -0.682. The number of halogens is 1. The molecule has 0 atom stereocenters. The van der Waals surface area contributed by atoms with E-state index in [0.29, 0.717) is 71.5 Å². The second-order valence-electron chi connectivity index (χ2n) is 12.0. The number of rotatable bonds is 18. The van der Waals surface area contributed by atoms with Crippen molar-refractivity contribution in [2.45, 2.75) is 33.6 Å². The summed E-state index contributed by atoms with van der Waals surface area (Å²) in [6, 6.07) is 24.2. The first-order valence-corrected chi connectivity index (χ1v) is 16.8. The Hall–Kier alpha value is -6.37. The Balaban J connectivity index is 1.24. The van der Waals surface area contributed by atoms with Crippen molar-refractivity contribution in [3.8, 4) is 5.75 Å². The molecule has 0 spiro atoms. The fourth-order valence-electron chi connectivity index (χ4n) is 4.38. The fraction of sp³-hybridized carbons (Fsp3) is 0.250. The summed E-state index contributed by atoms with van der Waals surface area (Å²) in [6.07, 6.45) is 1.44. The summed E-state index contributed by atoms with van der Waals surface area (Å²) in [6.45, 7) is 13.8. The highest BCUT2D eigenvalue weighted by molar-refractivity contribution is 5.87. The summed E-state index contributed by atoms with van der Waals surface area (Å²) in [7, 11) is 1.89. The van der Waals surface area contributed by atoms with Gasteiger partial charge in [0.2, 0.25) is 0 Å². The zero-order valence-electron chi connectivity index (χ0n) is 30.3. The summed E-state index contributed by atoms with van der Waals surface area (Å²) in [5.41, 5.74) is 5.25. The molecule has 0 heterocycles. The molecule has 274 valence electrons. The number of aryl methyl sites for hydroxylation is 1. The number of hydrogen-bond acceptors (Lipinski definition) is 12. The number of unbranched alkanes of at least 4 members (excludes halogenated alkanes) is 1. The molecule has 0 fully saturated rings. The molecule has 0 radical (unpaired) electrons. The maximum atomic E-state index is 14.9. The molecule has 4 aromatic rings. The molecule has 0 N–H and O–H groups in total. The number of ether oxygens (including phenoxy) is 3. The van der Waals surface area contributed by atoms with Crippen molar-refractivity contribution >= 4 is 51.8 Å². The van der Waals surface area contributed by atoms with Crippen LogP contribution < -0.4 is 9.64 Å². The normalized spacial score (nSPS) is 11.3. The molecule has 12 nitrogen and oxygen atoms in total. The largest absolute Gasteiger partial charge is 0.494 e. The predicted octanol–water partition coefficient (Wildman–Crippen LogP) is 11.2. The van der Waals surface area contributed by atoms with E-state index < -0.39 is 11.8 Å². The zero-order chi connectivity index (χ0) is 38.2. The first kappa shape index (κ1) is 39.4. The molecular formula is C40H42FN7O5. The molecule has 53 heavy (non-hydrogen) atoms. The topological polar surface area (TPSA) is 139 Å². The van der Waals surface area contributed by atoms with Crippen LogP contribution in [0.15, 0.2) is 140 Å². The van der Waals surface area contributed by atoms with Crippen LogP contribution in [0.5, 0.6) is 5.75 Å². The van der Waals surface area contributed by atoms with Gasteiger partial charge < -0.3 is 19.1 Å². The van der Waals surface area contributed by atoms with Crippen molar-refractivity contribution in [2.24, 2.45) is 30.7 Å². The van der Waals surface area contributed by atoms with Gasteiger partial charge in [0.25, 0.3) is 0 Å². The standard InChI is InChI=1S/C40H42FN7O5/c1-27(2)39(49)52-23-8-7-22-51-35-17-11-31(12-18-35)43-44-32-13-19-37(29(5)25-32)46-47-38-20-14-33(26-36(38)41)45-42-30-9-15-34(16-10-30)48(6)21-24-53-40(50)28(3)4/h9-20,25-26H,1,3,7-8,21-24H2,2,4-6H3. The number of hydrogen-bond donors (Lipinski definition) is 0. The smallest absolute Gasteiger partial charge is 0.333 e. The SMILES string of the molecule is C=C(C)C(=O)OCCCCOc1ccc(N=Nc2ccc(N=Nc3ccc(N=Nc4ccc(N(C)CCOC(=O)C(=C)C)cc4)cc3F)c(C)c2)cc1. The first-order chi connectivity index (χ1) is 25.5. The van der Waals surface area contributed by atoms with Gasteiger partial charge in [-0.15, -0.1) is 5.11 Å². The Labute approximate surface area is 308 Å². The van der Waals surface area contributed by atoms with Crippen LogP contribution in [-0.2, 0) is 19.1 Å². The lowest BCUT2D eigenvalue weighted by molar-refractivity contribution is -0.139. The minimum Gasteiger partial charge on any atom is -0.494 e. The molecule has 4 aromatic carbocycles. The average Bonchev–Trinajstić information content (AvgIpc) is 3.15. The van der Waals surface area contributed by atoms with Crippen LogP contribution in [0.1, 0.15) is 32.3 Å². The van der Waals surface area contributed by atoms with Crippen molar-refractivity contribution in [1.82, 2.24) is 0 Å². The Morgan fingerprint density at radius 2 is 1.13 bits per heavy atom. The molecule has 4 rings (SSSR count). The van der Waals surface area contributed by atoms with Crippen molar-refractivity contribution in [2.75, 3.05) is 38.3 Å². The van der Waals surface area contributed by atoms with Crippen LogP contribution in [0.3, 0.4) is 0 Å². The fourth-order valence-corrected chi connectivity index (χ4v) is 4.38. The van der Waals surface area contributed by atoms with Gasteiger partial charge in [0.1, 0.15) is 18.0 Å². The van der Waals surface area contributed by atoms with E-state index in [-0.39, 0.29) is 18.3 Å². The molecule has 0 aliphatic heterocycles. The summed E-state index contributed by atoms with van der Waals surface area (Å²) in [4.78, 5) is 24.9. The molecule has 0 bridgehead atoms. The van der Waals surface area contributed by atoms with E-state index in [1.807, 2.05) is 49.2 Å². The Kier molecular flexibility index (Phi) is 14.8. The number of benzene rings is 4. The molecule has 13 heteroatoms. The third-order valence-electron chi connectivity index (χ3n) is 7.46. The van der Waals surface area contributed by atoms with Crippen LogP contribution >= 0.6 is 0 Å². The number of azo groups is 3. The first-order valence-electron chi connectivity index (χ1n) is 16.8. The van der Waals surface area contributed by atoms with E-state index in [1.165, 1.54) is 12.1 Å². The highest BCUT2D eigenvalue weighted by Crippen LogP contribution is 2.30. The van der Waals surface area contributed by atoms with Crippen LogP contribution in [0.25, 0.3) is 0 Å². The van der Waals surface area contributed by atoms with E-state index in [1.54, 1.807) is 56.3 Å². The lowest BCUT2D eigenvalue weighted by atomic mass is 10.2. The Morgan fingerprint density at radius 3 is 1.72 bits per heavy atom. The number of carbonyl (C=O) groups excluding carboxylic acids is 2. The molecule has 0 saturated carbocycles. The van der Waals surface area contributed by atoms with Gasteiger partial charge in [-0.2, -0.15) is 25.6 Å². The maximum Gasteiger partial charge on any atom is 0.333 e. The third kappa shape index (κ3) is 13.0. The van der Waals surface area contributed by atoms with Gasteiger partial charge in [-0.25, -0.2) is 14.0 Å². The molecular weight excluding hydrogens is 677 g/mol. The van der Waals surface area contributed by atoms with Gasteiger partial charge in [0.05, 0.1) is 48.2 Å². The van der Waals surface area contributed by atoms with E-state index in [0.717, 1.165) is 17.7 Å². The van der Waals surface area contributed by atoms with Gasteiger partial charge in [0.15, 0.2) is 5.82 Å². The lowest BCUT2D eigenvalue weighted by Gasteiger charge is -2.19. The highest BCUT2D eigenvalue weighted by Gasteiger charge is 2.07. The molecule has 0 aliphatic rings. The molecule has 0 aromatic heterocycles. The lowest BCUT2D eigenvalue weighted by Crippen LogP contribution is -2.23. The molecule has 0 unspecified atom stereocenters. The number of nitrogens with zero attached hydrogens (tertiary/aromatic N) is 7. The van der Waals surface area contributed by atoms with Gasteiger partial charge in [-0.3, -0.25) is 0 Å². The molecule has 0 amide bonds. The van der Waals surface area contributed by atoms with Crippen molar-refractivity contribution in [1.29, 1.82) is 0 Å². The highest BCUT2D eigenvalue weighted by atomic mass is 19.1. The van der Waals surface area contributed by atoms with E-state index in [2.05, 4.69) is 43.8 Å². The summed E-state index contributed by atoms with van der Waals surface area (Å²) < 4.78 is 30.8. The van der Waals surface area contributed by atoms with Crippen LogP contribution in [0, 0.1) is 12.7 Å². The van der Waals surface area contributed by atoms with Crippen molar-refractivity contribution in [3.63, 3.8) is 0 Å². The van der Waals surface area contributed by atoms with Gasteiger partial charge >= 0.3 is 11.9 Å². The number of anilines is 1. The number of carbonyl (C=O) groups is 2. The van der Waals surface area contributed by atoms with E-state index >= 15 is 0 Å². The van der Waals surface area contributed by atoms with Crippen LogP contribution in [-0.4, -0.2) is 45.4 Å². The zero-order valence-corrected chi connectivity index (χ0v) is 30.3. The molecule has 0 saturated heterocycles. The van der Waals surface area contributed by atoms with Gasteiger partial charge in [-0.1, -0.05) is 13.2 Å². The molecule has 0 aliphatic carbocycles. The number of likely N-dealkylation sites (N-methyl/N-ethyl adjacent to an activating group) is 1. The van der Waals surface area contributed by atoms with Gasteiger partial charge in [0, 0.05) is 29.9 Å². The number of esters is 2. The second-order valence-corrected chi connectivity index (χ2v) is 12.0.